The largest absolute Gasteiger partial charge is 0.490 e. The molecule has 0 aliphatic rings. The van der Waals surface area contributed by atoms with Gasteiger partial charge in [0, 0.05) is 17.0 Å². The Hall–Kier alpha value is -3.80. The predicted molar refractivity (Wildman–Crippen MR) is 123 cm³/mol. The molecule has 0 atom stereocenters. The molecule has 4 aromatic rings. The van der Waals surface area contributed by atoms with Gasteiger partial charge in [0.15, 0.2) is 11.5 Å². The minimum absolute atomic E-state index is 0.0625. The van der Waals surface area contributed by atoms with Crippen molar-refractivity contribution in [2.24, 2.45) is 0 Å². The van der Waals surface area contributed by atoms with Crippen LogP contribution in [-0.2, 0) is 11.3 Å². The molecule has 0 fully saturated rings. The van der Waals surface area contributed by atoms with Crippen molar-refractivity contribution >= 4 is 27.7 Å². The molecule has 4 rings (SSSR count). The molecule has 32 heavy (non-hydrogen) atoms. The van der Waals surface area contributed by atoms with Gasteiger partial charge in [-0.2, -0.15) is 0 Å². The maximum absolute atomic E-state index is 12.8. The highest BCUT2D eigenvalue weighted by Crippen LogP contribution is 2.30. The van der Waals surface area contributed by atoms with Crippen LogP contribution >= 0.6 is 0 Å². The van der Waals surface area contributed by atoms with Gasteiger partial charge in [-0.15, -0.1) is 0 Å². The van der Waals surface area contributed by atoms with E-state index >= 15 is 0 Å². The highest BCUT2D eigenvalue weighted by atomic mass is 16.5. The van der Waals surface area contributed by atoms with Crippen LogP contribution in [0.1, 0.15) is 36.2 Å². The number of esters is 1. The lowest BCUT2D eigenvalue weighted by Gasteiger charge is -2.13. The molecular weight excluding hydrogens is 408 g/mol. The molecule has 3 aromatic carbocycles. The van der Waals surface area contributed by atoms with Gasteiger partial charge in [-0.3, -0.25) is 0 Å². The first-order valence-electron chi connectivity index (χ1n) is 10.6. The lowest BCUT2D eigenvalue weighted by Crippen LogP contribution is -2.09. The molecule has 0 bridgehead atoms. The Morgan fingerprint density at radius 3 is 2.59 bits per heavy atom. The molecule has 6 nitrogen and oxygen atoms in total. The van der Waals surface area contributed by atoms with Crippen LogP contribution in [-0.4, -0.2) is 19.2 Å². The quantitative estimate of drug-likeness (QED) is 0.208. The standard InChI is InChI=1S/C26H24O6/c1-3-13-30-21-11-10-18(14-23(21)29-4-2)26(28)31-16-19-15-24(27)32-22-12-9-17-7-5-6-8-20(17)25(19)22/h5-12,14-15H,3-4,13,16H2,1-2H3. The second kappa shape index (κ2) is 9.56. The molecular formula is C26H24O6. The van der Waals surface area contributed by atoms with E-state index in [1.165, 1.54) is 6.07 Å². The van der Waals surface area contributed by atoms with Gasteiger partial charge in [0.05, 0.1) is 18.8 Å². The van der Waals surface area contributed by atoms with Crippen molar-refractivity contribution in [3.05, 3.63) is 82.2 Å². The minimum atomic E-state index is -0.519. The van der Waals surface area contributed by atoms with Crippen molar-refractivity contribution in [1.82, 2.24) is 0 Å². The fraction of sp³-hybridized carbons (Fsp3) is 0.231. The van der Waals surface area contributed by atoms with E-state index in [1.807, 2.05) is 44.2 Å². The van der Waals surface area contributed by atoms with Gasteiger partial charge in [-0.25, -0.2) is 9.59 Å². The van der Waals surface area contributed by atoms with E-state index in [-0.39, 0.29) is 6.61 Å². The summed E-state index contributed by atoms with van der Waals surface area (Å²) in [5.74, 6) is 0.560. The average Bonchev–Trinajstić information content (AvgIpc) is 2.81. The summed E-state index contributed by atoms with van der Waals surface area (Å²) in [5, 5.41) is 2.69. The zero-order valence-corrected chi connectivity index (χ0v) is 18.1. The summed E-state index contributed by atoms with van der Waals surface area (Å²) >= 11 is 0. The van der Waals surface area contributed by atoms with Crippen molar-refractivity contribution in [1.29, 1.82) is 0 Å². The number of ether oxygens (including phenoxy) is 3. The molecule has 0 spiro atoms. The lowest BCUT2D eigenvalue weighted by atomic mass is 10.0. The summed E-state index contributed by atoms with van der Waals surface area (Å²) in [6, 6.07) is 17.8. The van der Waals surface area contributed by atoms with Gasteiger partial charge in [-0.05, 0) is 48.4 Å². The first kappa shape index (κ1) is 21.4. The summed E-state index contributed by atoms with van der Waals surface area (Å²) in [6.07, 6.45) is 0.864. The average molecular weight is 432 g/mol. The molecule has 1 aromatic heterocycles. The molecule has 0 unspecified atom stereocenters. The fourth-order valence-corrected chi connectivity index (χ4v) is 3.60. The fourth-order valence-electron chi connectivity index (χ4n) is 3.60. The summed E-state index contributed by atoms with van der Waals surface area (Å²) in [7, 11) is 0. The summed E-state index contributed by atoms with van der Waals surface area (Å²) in [4.78, 5) is 24.8. The molecule has 0 N–H and O–H groups in total. The van der Waals surface area contributed by atoms with Crippen molar-refractivity contribution < 1.29 is 23.4 Å². The van der Waals surface area contributed by atoms with Crippen LogP contribution in [0, 0.1) is 0 Å². The molecule has 0 saturated carbocycles. The van der Waals surface area contributed by atoms with Crippen LogP contribution < -0.4 is 15.1 Å². The predicted octanol–water partition coefficient (Wildman–Crippen LogP) is 5.49. The zero-order valence-electron chi connectivity index (χ0n) is 18.1. The number of benzene rings is 3. The Balaban J connectivity index is 1.62. The van der Waals surface area contributed by atoms with Crippen LogP contribution in [0.15, 0.2) is 69.9 Å². The van der Waals surface area contributed by atoms with Gasteiger partial charge >= 0.3 is 11.6 Å². The van der Waals surface area contributed by atoms with Gasteiger partial charge in [0.25, 0.3) is 0 Å². The Morgan fingerprint density at radius 1 is 0.938 bits per heavy atom. The van der Waals surface area contributed by atoms with E-state index in [1.54, 1.807) is 24.3 Å². The molecule has 0 aliphatic heterocycles. The third-order valence-electron chi connectivity index (χ3n) is 5.01. The normalized spacial score (nSPS) is 10.9. The topological polar surface area (TPSA) is 75.0 Å². The van der Waals surface area contributed by atoms with Crippen LogP contribution in [0.5, 0.6) is 11.5 Å². The molecule has 6 heteroatoms. The molecule has 0 radical (unpaired) electrons. The summed E-state index contributed by atoms with van der Waals surface area (Å²) in [6.45, 7) is 4.82. The van der Waals surface area contributed by atoms with Gasteiger partial charge in [0.2, 0.25) is 0 Å². The molecule has 0 saturated heterocycles. The highest BCUT2D eigenvalue weighted by Gasteiger charge is 2.15. The maximum atomic E-state index is 12.8. The summed E-state index contributed by atoms with van der Waals surface area (Å²) in [5.41, 5.74) is 0.900. The minimum Gasteiger partial charge on any atom is -0.490 e. The number of carbonyl (C=O) groups is 1. The Labute approximate surface area is 185 Å². The zero-order chi connectivity index (χ0) is 22.5. The maximum Gasteiger partial charge on any atom is 0.338 e. The van der Waals surface area contributed by atoms with Crippen molar-refractivity contribution in [3.8, 4) is 11.5 Å². The molecule has 0 aliphatic carbocycles. The third-order valence-corrected chi connectivity index (χ3v) is 5.01. The van der Waals surface area contributed by atoms with Gasteiger partial charge in [0.1, 0.15) is 12.2 Å². The van der Waals surface area contributed by atoms with Gasteiger partial charge < -0.3 is 18.6 Å². The third kappa shape index (κ3) is 4.44. The molecule has 164 valence electrons. The molecule has 0 amide bonds. The van der Waals surface area contributed by atoms with Crippen LogP contribution in [0.4, 0.5) is 0 Å². The van der Waals surface area contributed by atoms with E-state index in [9.17, 15) is 9.59 Å². The van der Waals surface area contributed by atoms with E-state index in [4.69, 9.17) is 18.6 Å². The first-order chi connectivity index (χ1) is 15.6. The second-order valence-corrected chi connectivity index (χ2v) is 7.27. The van der Waals surface area contributed by atoms with Gasteiger partial charge in [-0.1, -0.05) is 37.3 Å². The SMILES string of the molecule is CCCOc1ccc(C(=O)OCc2cc(=O)oc3ccc4ccccc4c23)cc1OCC. The van der Waals surface area contributed by atoms with Crippen LogP contribution in [0.25, 0.3) is 21.7 Å². The second-order valence-electron chi connectivity index (χ2n) is 7.27. The summed E-state index contributed by atoms with van der Waals surface area (Å²) < 4.78 is 22.2. The van der Waals surface area contributed by atoms with Crippen molar-refractivity contribution in [2.45, 2.75) is 26.9 Å². The van der Waals surface area contributed by atoms with Crippen molar-refractivity contribution in [2.75, 3.05) is 13.2 Å². The Kier molecular flexibility index (Phi) is 6.40. The monoisotopic (exact) mass is 432 g/mol. The lowest BCUT2D eigenvalue weighted by molar-refractivity contribution is 0.0473. The number of fused-ring (bicyclic) bond motifs is 3. The van der Waals surface area contributed by atoms with E-state index in [2.05, 4.69) is 0 Å². The number of hydrogen-bond donors (Lipinski definition) is 0. The Morgan fingerprint density at radius 2 is 1.78 bits per heavy atom. The van der Waals surface area contributed by atoms with E-state index in [0.29, 0.717) is 41.4 Å². The number of hydrogen-bond acceptors (Lipinski definition) is 6. The number of carbonyl (C=O) groups excluding carboxylic acids is 1. The Bertz CT molecular complexity index is 1320. The smallest absolute Gasteiger partial charge is 0.338 e. The van der Waals surface area contributed by atoms with Crippen LogP contribution in [0.2, 0.25) is 0 Å². The first-order valence-corrected chi connectivity index (χ1v) is 10.6. The van der Waals surface area contributed by atoms with E-state index < -0.39 is 11.6 Å². The molecule has 1 heterocycles. The van der Waals surface area contributed by atoms with E-state index in [0.717, 1.165) is 22.6 Å². The van der Waals surface area contributed by atoms with Crippen molar-refractivity contribution in [3.63, 3.8) is 0 Å². The van der Waals surface area contributed by atoms with Crippen LogP contribution in [0.3, 0.4) is 0 Å². The highest BCUT2D eigenvalue weighted by molar-refractivity contribution is 6.07. The number of rotatable bonds is 8.